The lowest BCUT2D eigenvalue weighted by Crippen LogP contribution is -2.07. The maximum absolute atomic E-state index is 3.19. The third-order valence-corrected chi connectivity index (χ3v) is 3.36. The highest BCUT2D eigenvalue weighted by atomic mass is 14.8. The van der Waals surface area contributed by atoms with Crippen molar-refractivity contribution in [3.05, 3.63) is 11.6 Å². The molecular weight excluding hydrogens is 170 g/mol. The molecule has 0 saturated heterocycles. The fraction of sp³-hybridized carbons (Fsp3) is 0.846. The summed E-state index contributed by atoms with van der Waals surface area (Å²) in [5.41, 5.74) is 1.64. The number of hydrogen-bond acceptors (Lipinski definition) is 1. The lowest BCUT2D eigenvalue weighted by atomic mass is 9.92. The Morgan fingerprint density at radius 3 is 2.43 bits per heavy atom. The average Bonchev–Trinajstić information content (AvgIpc) is 2.46. The summed E-state index contributed by atoms with van der Waals surface area (Å²) in [6.45, 7) is 3.44. The monoisotopic (exact) mass is 195 g/mol. The molecule has 0 aromatic heterocycles. The standard InChI is InChI=1S/C13H25N/c1-12(8-7-11-14-2)13-9-5-3-4-6-10-13/h8,13-14H,3-7,9-11H2,1-2H3/b12-8-. The minimum atomic E-state index is 0.898. The molecule has 0 heterocycles. The molecule has 0 aliphatic heterocycles. The second-order valence-corrected chi connectivity index (χ2v) is 4.53. The van der Waals surface area contributed by atoms with Gasteiger partial charge in [0.25, 0.3) is 0 Å². The van der Waals surface area contributed by atoms with Crippen LogP contribution in [0.3, 0.4) is 0 Å². The van der Waals surface area contributed by atoms with Crippen LogP contribution >= 0.6 is 0 Å². The van der Waals surface area contributed by atoms with Gasteiger partial charge in [-0.25, -0.2) is 0 Å². The van der Waals surface area contributed by atoms with E-state index in [1.165, 1.54) is 44.9 Å². The van der Waals surface area contributed by atoms with Crippen LogP contribution in [0.4, 0.5) is 0 Å². The first-order valence-electron chi connectivity index (χ1n) is 6.16. The van der Waals surface area contributed by atoms with E-state index in [-0.39, 0.29) is 0 Å². The molecule has 0 aromatic carbocycles. The third-order valence-electron chi connectivity index (χ3n) is 3.36. The van der Waals surface area contributed by atoms with Crippen molar-refractivity contribution >= 4 is 0 Å². The van der Waals surface area contributed by atoms with Gasteiger partial charge >= 0.3 is 0 Å². The summed E-state index contributed by atoms with van der Waals surface area (Å²) in [6.07, 6.45) is 12.3. The molecule has 0 aromatic rings. The summed E-state index contributed by atoms with van der Waals surface area (Å²) in [6, 6.07) is 0. The largest absolute Gasteiger partial charge is 0.319 e. The number of nitrogens with one attached hydrogen (secondary N) is 1. The summed E-state index contributed by atoms with van der Waals surface area (Å²) >= 11 is 0. The van der Waals surface area contributed by atoms with Gasteiger partial charge in [-0.05, 0) is 45.7 Å². The molecule has 1 aliphatic rings. The quantitative estimate of drug-likeness (QED) is 0.411. The molecule has 1 rings (SSSR count). The van der Waals surface area contributed by atoms with E-state index in [4.69, 9.17) is 0 Å². The molecule has 1 aliphatic carbocycles. The van der Waals surface area contributed by atoms with E-state index >= 15 is 0 Å². The predicted molar refractivity (Wildman–Crippen MR) is 63.5 cm³/mol. The lowest BCUT2D eigenvalue weighted by molar-refractivity contribution is 0.527. The van der Waals surface area contributed by atoms with Crippen LogP contribution in [-0.2, 0) is 0 Å². The molecule has 0 bridgehead atoms. The Labute approximate surface area is 89.0 Å². The van der Waals surface area contributed by atoms with E-state index < -0.39 is 0 Å². The summed E-state index contributed by atoms with van der Waals surface area (Å²) in [4.78, 5) is 0. The van der Waals surface area contributed by atoms with Crippen molar-refractivity contribution in [1.82, 2.24) is 5.32 Å². The Morgan fingerprint density at radius 1 is 1.21 bits per heavy atom. The van der Waals surface area contributed by atoms with E-state index in [0.717, 1.165) is 12.5 Å². The van der Waals surface area contributed by atoms with E-state index in [9.17, 15) is 0 Å². The van der Waals surface area contributed by atoms with Crippen molar-refractivity contribution in [3.63, 3.8) is 0 Å². The van der Waals surface area contributed by atoms with Gasteiger partial charge in [0.15, 0.2) is 0 Å². The van der Waals surface area contributed by atoms with E-state index in [1.807, 2.05) is 7.05 Å². The molecule has 14 heavy (non-hydrogen) atoms. The fourth-order valence-electron chi connectivity index (χ4n) is 2.35. The molecule has 0 spiro atoms. The first kappa shape index (κ1) is 11.8. The predicted octanol–water partition coefficient (Wildman–Crippen LogP) is 3.51. The Morgan fingerprint density at radius 2 is 1.86 bits per heavy atom. The van der Waals surface area contributed by atoms with E-state index in [2.05, 4.69) is 18.3 Å². The first-order chi connectivity index (χ1) is 6.84. The topological polar surface area (TPSA) is 12.0 Å². The van der Waals surface area contributed by atoms with Crippen molar-refractivity contribution in [2.45, 2.75) is 51.9 Å². The minimum absolute atomic E-state index is 0.898. The molecule has 0 unspecified atom stereocenters. The molecule has 0 radical (unpaired) electrons. The van der Waals surface area contributed by atoms with Crippen LogP contribution in [0.1, 0.15) is 51.9 Å². The molecule has 1 heteroatoms. The zero-order valence-electron chi connectivity index (χ0n) is 9.81. The highest BCUT2D eigenvalue weighted by Gasteiger charge is 2.12. The third kappa shape index (κ3) is 4.28. The maximum Gasteiger partial charge on any atom is -0.00172 e. The number of rotatable bonds is 4. The molecule has 1 N–H and O–H groups in total. The van der Waals surface area contributed by atoms with Gasteiger partial charge in [0.2, 0.25) is 0 Å². The second kappa shape index (κ2) is 7.05. The fourth-order valence-corrected chi connectivity index (χ4v) is 2.35. The van der Waals surface area contributed by atoms with Gasteiger partial charge in [0, 0.05) is 0 Å². The smallest absolute Gasteiger partial charge is 0.00172 e. The lowest BCUT2D eigenvalue weighted by Gasteiger charge is -2.14. The van der Waals surface area contributed by atoms with Crippen molar-refractivity contribution in [1.29, 1.82) is 0 Å². The van der Waals surface area contributed by atoms with Crippen LogP contribution in [-0.4, -0.2) is 13.6 Å². The van der Waals surface area contributed by atoms with Gasteiger partial charge in [-0.2, -0.15) is 0 Å². The SMILES string of the molecule is CNCC/C=C(/C)C1CCCCCC1. The zero-order valence-corrected chi connectivity index (χ0v) is 9.81. The summed E-state index contributed by atoms with van der Waals surface area (Å²) in [5, 5.41) is 3.19. The van der Waals surface area contributed by atoms with Crippen LogP contribution in [0, 0.1) is 5.92 Å². The van der Waals surface area contributed by atoms with Crippen molar-refractivity contribution in [3.8, 4) is 0 Å². The Hall–Kier alpha value is -0.300. The van der Waals surface area contributed by atoms with Gasteiger partial charge in [0.05, 0.1) is 0 Å². The molecular formula is C13H25N. The maximum atomic E-state index is 3.19. The van der Waals surface area contributed by atoms with E-state index in [0.29, 0.717) is 0 Å². The average molecular weight is 195 g/mol. The van der Waals surface area contributed by atoms with Gasteiger partial charge < -0.3 is 5.32 Å². The molecule has 1 nitrogen and oxygen atoms in total. The Kier molecular flexibility index (Phi) is 5.93. The zero-order chi connectivity index (χ0) is 10.2. The van der Waals surface area contributed by atoms with Gasteiger partial charge in [-0.15, -0.1) is 0 Å². The van der Waals surface area contributed by atoms with Gasteiger partial charge in [0.1, 0.15) is 0 Å². The molecule has 1 fully saturated rings. The number of allylic oxidation sites excluding steroid dienone is 1. The van der Waals surface area contributed by atoms with Gasteiger partial charge in [-0.1, -0.05) is 37.3 Å². The summed E-state index contributed by atoms with van der Waals surface area (Å²) in [7, 11) is 2.02. The Balaban J connectivity index is 2.32. The molecule has 82 valence electrons. The van der Waals surface area contributed by atoms with Crippen molar-refractivity contribution < 1.29 is 0 Å². The molecule has 0 amide bonds. The van der Waals surface area contributed by atoms with Crippen LogP contribution in [0.25, 0.3) is 0 Å². The van der Waals surface area contributed by atoms with Crippen LogP contribution < -0.4 is 5.32 Å². The molecule has 0 atom stereocenters. The summed E-state index contributed by atoms with van der Waals surface area (Å²) in [5.74, 6) is 0.898. The van der Waals surface area contributed by atoms with Gasteiger partial charge in [-0.3, -0.25) is 0 Å². The normalized spacial score (nSPS) is 20.9. The minimum Gasteiger partial charge on any atom is -0.319 e. The summed E-state index contributed by atoms with van der Waals surface area (Å²) < 4.78 is 0. The first-order valence-corrected chi connectivity index (χ1v) is 6.16. The van der Waals surface area contributed by atoms with Crippen molar-refractivity contribution in [2.75, 3.05) is 13.6 Å². The van der Waals surface area contributed by atoms with Crippen LogP contribution in [0.5, 0.6) is 0 Å². The number of hydrogen-bond donors (Lipinski definition) is 1. The van der Waals surface area contributed by atoms with Crippen LogP contribution in [0.15, 0.2) is 11.6 Å². The van der Waals surface area contributed by atoms with Crippen molar-refractivity contribution in [2.24, 2.45) is 5.92 Å². The highest BCUT2D eigenvalue weighted by molar-refractivity contribution is 5.03. The molecule has 1 saturated carbocycles. The van der Waals surface area contributed by atoms with Crippen LogP contribution in [0.2, 0.25) is 0 Å². The highest BCUT2D eigenvalue weighted by Crippen LogP contribution is 2.28. The van der Waals surface area contributed by atoms with E-state index in [1.54, 1.807) is 5.57 Å². The second-order valence-electron chi connectivity index (χ2n) is 4.53. The Bertz CT molecular complexity index is 164.